The molecule has 1 heterocycles. The minimum atomic E-state index is 0.842. The number of anilines is 1. The van der Waals surface area contributed by atoms with Gasteiger partial charge in [-0.2, -0.15) is 0 Å². The highest BCUT2D eigenvalue weighted by Gasteiger charge is 2.12. The summed E-state index contributed by atoms with van der Waals surface area (Å²) in [5.41, 5.74) is 3.54. The maximum atomic E-state index is 4.33. The lowest BCUT2D eigenvalue weighted by Crippen LogP contribution is -2.26. The molecule has 0 bridgehead atoms. The number of hydrogen-bond acceptors (Lipinski definition) is 3. The minimum Gasteiger partial charge on any atom is -0.354 e. The molecule has 0 aromatic heterocycles. The summed E-state index contributed by atoms with van der Waals surface area (Å²) >= 11 is 7.10. The van der Waals surface area contributed by atoms with Crippen molar-refractivity contribution in [3.05, 3.63) is 26.1 Å². The van der Waals surface area contributed by atoms with Gasteiger partial charge >= 0.3 is 0 Å². The molecule has 0 radical (unpaired) electrons. The average Bonchev–Trinajstić information content (AvgIpc) is 2.74. The Kier molecular flexibility index (Phi) is 3.54. The molecule has 0 saturated carbocycles. The third-order valence-corrected chi connectivity index (χ3v) is 4.15. The molecule has 86 valence electrons. The standard InChI is InChI=1S/C11H13Br2N3/c1-6-7(2)10(9(13)5-8(6)12)16-11-14-3-4-15-11/h5H,3-4H2,1-2H3,(H2,14,15,16). The molecule has 2 rings (SSSR count). The zero-order valence-corrected chi connectivity index (χ0v) is 12.4. The van der Waals surface area contributed by atoms with Crippen LogP contribution >= 0.6 is 31.9 Å². The predicted molar refractivity (Wildman–Crippen MR) is 75.2 cm³/mol. The van der Waals surface area contributed by atoms with Gasteiger partial charge < -0.3 is 10.6 Å². The van der Waals surface area contributed by atoms with Crippen LogP contribution in [0.2, 0.25) is 0 Å². The molecular formula is C11H13Br2N3. The maximum Gasteiger partial charge on any atom is 0.195 e. The molecule has 0 unspecified atom stereocenters. The van der Waals surface area contributed by atoms with Crippen LogP contribution in [0.5, 0.6) is 0 Å². The first-order valence-corrected chi connectivity index (χ1v) is 6.68. The number of nitrogens with one attached hydrogen (secondary N) is 2. The van der Waals surface area contributed by atoms with E-state index in [4.69, 9.17) is 0 Å². The van der Waals surface area contributed by atoms with E-state index < -0.39 is 0 Å². The third kappa shape index (κ3) is 2.25. The van der Waals surface area contributed by atoms with Gasteiger partial charge in [-0.05, 0) is 47.0 Å². The van der Waals surface area contributed by atoms with Gasteiger partial charge in [-0.25, -0.2) is 0 Å². The van der Waals surface area contributed by atoms with Gasteiger partial charge in [0.05, 0.1) is 12.2 Å². The van der Waals surface area contributed by atoms with Gasteiger partial charge in [-0.3, -0.25) is 4.99 Å². The van der Waals surface area contributed by atoms with Crippen LogP contribution in [-0.4, -0.2) is 19.0 Å². The molecule has 1 aliphatic heterocycles. The largest absolute Gasteiger partial charge is 0.354 e. The Labute approximate surface area is 112 Å². The fourth-order valence-corrected chi connectivity index (χ4v) is 3.05. The summed E-state index contributed by atoms with van der Waals surface area (Å²) in [5, 5.41) is 6.52. The lowest BCUT2D eigenvalue weighted by Gasteiger charge is -2.15. The summed E-state index contributed by atoms with van der Waals surface area (Å²) in [7, 11) is 0. The van der Waals surface area contributed by atoms with Crippen LogP contribution in [0.1, 0.15) is 11.1 Å². The van der Waals surface area contributed by atoms with E-state index >= 15 is 0 Å². The van der Waals surface area contributed by atoms with Crippen LogP contribution in [0.15, 0.2) is 20.0 Å². The molecule has 2 N–H and O–H groups in total. The number of benzene rings is 1. The van der Waals surface area contributed by atoms with Gasteiger partial charge in [0.1, 0.15) is 0 Å². The molecule has 5 heteroatoms. The van der Waals surface area contributed by atoms with Crippen LogP contribution in [0, 0.1) is 13.8 Å². The van der Waals surface area contributed by atoms with Gasteiger partial charge in [-0.15, -0.1) is 0 Å². The van der Waals surface area contributed by atoms with Crippen molar-refractivity contribution in [3.8, 4) is 0 Å². The molecule has 0 saturated heterocycles. The molecule has 1 aromatic carbocycles. The zero-order valence-electron chi connectivity index (χ0n) is 9.19. The van der Waals surface area contributed by atoms with E-state index in [1.165, 1.54) is 11.1 Å². The van der Waals surface area contributed by atoms with Crippen molar-refractivity contribution in [2.24, 2.45) is 4.99 Å². The van der Waals surface area contributed by atoms with Crippen LogP contribution in [-0.2, 0) is 0 Å². The normalized spacial score (nSPS) is 14.6. The van der Waals surface area contributed by atoms with E-state index in [9.17, 15) is 0 Å². The first-order valence-electron chi connectivity index (χ1n) is 5.10. The zero-order chi connectivity index (χ0) is 11.7. The van der Waals surface area contributed by atoms with Crippen molar-refractivity contribution in [2.75, 3.05) is 18.4 Å². The monoisotopic (exact) mass is 345 g/mol. The van der Waals surface area contributed by atoms with Crippen molar-refractivity contribution in [1.82, 2.24) is 5.32 Å². The van der Waals surface area contributed by atoms with Gasteiger partial charge in [0.15, 0.2) is 5.96 Å². The number of guanidine groups is 1. The molecule has 1 aromatic rings. The van der Waals surface area contributed by atoms with Crippen molar-refractivity contribution in [2.45, 2.75) is 13.8 Å². The average molecular weight is 347 g/mol. The summed E-state index contributed by atoms with van der Waals surface area (Å²) in [6, 6.07) is 2.06. The quantitative estimate of drug-likeness (QED) is 0.819. The highest BCUT2D eigenvalue weighted by Crippen LogP contribution is 2.33. The Morgan fingerprint density at radius 2 is 2.00 bits per heavy atom. The van der Waals surface area contributed by atoms with Crippen molar-refractivity contribution >= 4 is 43.5 Å². The van der Waals surface area contributed by atoms with E-state index in [1.54, 1.807) is 0 Å². The lowest BCUT2D eigenvalue weighted by molar-refractivity contribution is 0.959. The van der Waals surface area contributed by atoms with E-state index in [1.807, 2.05) is 0 Å². The first kappa shape index (κ1) is 11.9. The van der Waals surface area contributed by atoms with E-state index in [2.05, 4.69) is 67.4 Å². The highest BCUT2D eigenvalue weighted by molar-refractivity contribution is 9.11. The fraction of sp³-hybridized carbons (Fsp3) is 0.364. The van der Waals surface area contributed by atoms with Crippen LogP contribution in [0.4, 0.5) is 5.69 Å². The van der Waals surface area contributed by atoms with Gasteiger partial charge in [0, 0.05) is 15.5 Å². The first-order chi connectivity index (χ1) is 7.59. The van der Waals surface area contributed by atoms with E-state index in [0.717, 1.165) is 33.7 Å². The molecule has 0 atom stereocenters. The molecular weight excluding hydrogens is 334 g/mol. The second-order valence-corrected chi connectivity index (χ2v) is 5.46. The second kappa shape index (κ2) is 4.75. The van der Waals surface area contributed by atoms with Crippen LogP contribution in [0.3, 0.4) is 0 Å². The van der Waals surface area contributed by atoms with Gasteiger partial charge in [-0.1, -0.05) is 15.9 Å². The Balaban J connectivity index is 2.36. The summed E-state index contributed by atoms with van der Waals surface area (Å²) < 4.78 is 2.16. The molecule has 0 spiro atoms. The molecule has 16 heavy (non-hydrogen) atoms. The van der Waals surface area contributed by atoms with Crippen molar-refractivity contribution in [3.63, 3.8) is 0 Å². The minimum absolute atomic E-state index is 0.842. The summed E-state index contributed by atoms with van der Waals surface area (Å²) in [6.07, 6.45) is 0. The Morgan fingerprint density at radius 1 is 1.25 bits per heavy atom. The summed E-state index contributed by atoms with van der Waals surface area (Å²) in [5.74, 6) is 0.852. The Morgan fingerprint density at radius 3 is 2.62 bits per heavy atom. The molecule has 1 aliphatic rings. The molecule has 0 aliphatic carbocycles. The van der Waals surface area contributed by atoms with E-state index in [-0.39, 0.29) is 0 Å². The number of aliphatic imine (C=N–C) groups is 1. The molecule has 0 amide bonds. The Hall–Kier alpha value is -0.550. The van der Waals surface area contributed by atoms with E-state index in [0.29, 0.717) is 0 Å². The smallest absolute Gasteiger partial charge is 0.195 e. The second-order valence-electron chi connectivity index (χ2n) is 3.75. The molecule has 3 nitrogen and oxygen atoms in total. The third-order valence-electron chi connectivity index (χ3n) is 2.71. The highest BCUT2D eigenvalue weighted by atomic mass is 79.9. The van der Waals surface area contributed by atoms with Gasteiger partial charge in [0.25, 0.3) is 0 Å². The number of hydrogen-bond donors (Lipinski definition) is 2. The van der Waals surface area contributed by atoms with Gasteiger partial charge in [0.2, 0.25) is 0 Å². The fourth-order valence-electron chi connectivity index (χ4n) is 1.59. The van der Waals surface area contributed by atoms with Crippen molar-refractivity contribution < 1.29 is 0 Å². The lowest BCUT2D eigenvalue weighted by atomic mass is 10.1. The van der Waals surface area contributed by atoms with Crippen molar-refractivity contribution in [1.29, 1.82) is 0 Å². The number of halogens is 2. The summed E-state index contributed by atoms with van der Waals surface area (Å²) in [4.78, 5) is 4.33. The Bertz CT molecular complexity index is 455. The SMILES string of the molecule is Cc1c(Br)cc(Br)c(NC2=NCCN2)c1C. The van der Waals surface area contributed by atoms with Crippen LogP contribution in [0.25, 0.3) is 0 Å². The summed E-state index contributed by atoms with van der Waals surface area (Å²) in [6.45, 7) is 5.95. The predicted octanol–water partition coefficient (Wildman–Crippen LogP) is 3.20. The number of nitrogens with zero attached hydrogens (tertiary/aromatic N) is 1. The molecule has 0 fully saturated rings. The number of rotatable bonds is 1. The topological polar surface area (TPSA) is 36.4 Å². The maximum absolute atomic E-state index is 4.33. The van der Waals surface area contributed by atoms with Crippen LogP contribution < -0.4 is 10.6 Å².